The van der Waals surface area contributed by atoms with Crippen molar-refractivity contribution in [2.24, 2.45) is 0 Å². The van der Waals surface area contributed by atoms with Crippen LogP contribution < -0.4 is 9.47 Å². The van der Waals surface area contributed by atoms with E-state index in [1.165, 1.54) is 6.07 Å². The minimum atomic E-state index is -0.465. The molecule has 0 unspecified atom stereocenters. The Hall–Kier alpha value is -1.76. The Morgan fingerprint density at radius 1 is 1.36 bits per heavy atom. The summed E-state index contributed by atoms with van der Waals surface area (Å²) in [6.07, 6.45) is 0.174. The second kappa shape index (κ2) is 3.54. The van der Waals surface area contributed by atoms with E-state index in [1.54, 1.807) is 6.07 Å². The third-order valence-electron chi connectivity index (χ3n) is 1.94. The van der Waals surface area contributed by atoms with Crippen molar-refractivity contribution < 1.29 is 13.9 Å². The third kappa shape index (κ3) is 1.49. The van der Waals surface area contributed by atoms with Gasteiger partial charge in [0.1, 0.15) is 13.2 Å². The molecule has 0 atom stereocenters. The van der Waals surface area contributed by atoms with Crippen LogP contribution in [0.15, 0.2) is 12.1 Å². The first kappa shape index (κ1) is 8.82. The summed E-state index contributed by atoms with van der Waals surface area (Å²) in [7, 11) is 0. The van der Waals surface area contributed by atoms with Gasteiger partial charge in [-0.1, -0.05) is 0 Å². The van der Waals surface area contributed by atoms with Crippen LogP contribution in [-0.4, -0.2) is 13.2 Å². The van der Waals surface area contributed by atoms with Crippen LogP contribution in [0.1, 0.15) is 5.56 Å². The molecule has 14 heavy (non-hydrogen) atoms. The highest BCUT2D eigenvalue weighted by atomic mass is 19.1. The highest BCUT2D eigenvalue weighted by Crippen LogP contribution is 2.34. The molecule has 0 fully saturated rings. The van der Waals surface area contributed by atoms with Crippen LogP contribution in [0.25, 0.3) is 0 Å². The fraction of sp³-hybridized carbons (Fsp3) is 0.300. The van der Waals surface area contributed by atoms with E-state index >= 15 is 0 Å². The molecule has 0 aliphatic carbocycles. The van der Waals surface area contributed by atoms with E-state index in [2.05, 4.69) is 0 Å². The van der Waals surface area contributed by atoms with Crippen molar-refractivity contribution in [2.45, 2.75) is 6.42 Å². The van der Waals surface area contributed by atoms with Gasteiger partial charge in [-0.2, -0.15) is 5.26 Å². The number of halogens is 1. The first-order chi connectivity index (χ1) is 6.81. The summed E-state index contributed by atoms with van der Waals surface area (Å²) >= 11 is 0. The number of benzene rings is 1. The standard InChI is InChI=1S/C10H8FNO2/c11-8-5-7(1-2-12)6-9-10(8)14-4-3-13-9/h5-6H,1,3-4H2. The number of ether oxygens (including phenoxy) is 2. The summed E-state index contributed by atoms with van der Waals surface area (Å²) in [4.78, 5) is 0. The number of hydrogen-bond acceptors (Lipinski definition) is 3. The second-order valence-corrected chi connectivity index (χ2v) is 2.94. The van der Waals surface area contributed by atoms with Gasteiger partial charge in [0, 0.05) is 0 Å². The van der Waals surface area contributed by atoms with Gasteiger partial charge in [0.2, 0.25) is 0 Å². The predicted octanol–water partition coefficient (Wildman–Crippen LogP) is 1.66. The Morgan fingerprint density at radius 3 is 2.93 bits per heavy atom. The van der Waals surface area contributed by atoms with Crippen LogP contribution in [0.4, 0.5) is 4.39 Å². The quantitative estimate of drug-likeness (QED) is 0.681. The number of hydrogen-bond donors (Lipinski definition) is 0. The Bertz CT molecular complexity index is 398. The van der Waals surface area contributed by atoms with Crippen LogP contribution in [0.2, 0.25) is 0 Å². The van der Waals surface area contributed by atoms with Crippen LogP contribution in [0.5, 0.6) is 11.5 Å². The molecule has 0 radical (unpaired) electrons. The van der Waals surface area contributed by atoms with Crippen molar-refractivity contribution in [3.8, 4) is 17.6 Å². The largest absolute Gasteiger partial charge is 0.486 e. The monoisotopic (exact) mass is 193 g/mol. The van der Waals surface area contributed by atoms with Gasteiger partial charge >= 0.3 is 0 Å². The Labute approximate surface area is 80.7 Å². The molecule has 72 valence electrons. The zero-order chi connectivity index (χ0) is 9.97. The molecule has 0 aromatic heterocycles. The molecule has 1 aliphatic heterocycles. The fourth-order valence-corrected chi connectivity index (χ4v) is 1.36. The minimum absolute atomic E-state index is 0.151. The van der Waals surface area contributed by atoms with Crippen molar-refractivity contribution in [3.63, 3.8) is 0 Å². The van der Waals surface area contributed by atoms with Crippen molar-refractivity contribution in [2.75, 3.05) is 13.2 Å². The van der Waals surface area contributed by atoms with Gasteiger partial charge in [0.05, 0.1) is 12.5 Å². The van der Waals surface area contributed by atoms with Crippen molar-refractivity contribution >= 4 is 0 Å². The molecule has 0 saturated carbocycles. The summed E-state index contributed by atoms with van der Waals surface area (Å²) < 4.78 is 23.7. The van der Waals surface area contributed by atoms with E-state index < -0.39 is 5.82 Å². The predicted molar refractivity (Wildman–Crippen MR) is 46.7 cm³/mol. The van der Waals surface area contributed by atoms with Gasteiger partial charge in [-0.05, 0) is 17.7 Å². The molecule has 1 heterocycles. The molecular formula is C10H8FNO2. The molecule has 0 bridgehead atoms. The minimum Gasteiger partial charge on any atom is -0.486 e. The number of fused-ring (bicyclic) bond motifs is 1. The van der Waals surface area contributed by atoms with E-state index in [-0.39, 0.29) is 12.2 Å². The summed E-state index contributed by atoms with van der Waals surface area (Å²) in [6.45, 7) is 0.782. The Kier molecular flexibility index (Phi) is 2.23. The number of nitrogens with zero attached hydrogens (tertiary/aromatic N) is 1. The summed E-state index contributed by atoms with van der Waals surface area (Å²) in [5, 5.41) is 8.47. The SMILES string of the molecule is N#CCc1cc(F)c2c(c1)OCCO2. The van der Waals surface area contributed by atoms with Crippen molar-refractivity contribution in [1.82, 2.24) is 0 Å². The summed E-state index contributed by atoms with van der Waals surface area (Å²) in [5.74, 6) is 0.0758. The lowest BCUT2D eigenvalue weighted by Crippen LogP contribution is -2.16. The van der Waals surface area contributed by atoms with E-state index in [0.717, 1.165) is 0 Å². The summed E-state index contributed by atoms with van der Waals surface area (Å²) in [5.41, 5.74) is 0.606. The molecule has 0 spiro atoms. The van der Waals surface area contributed by atoms with Gasteiger partial charge in [-0.3, -0.25) is 0 Å². The molecule has 2 rings (SSSR count). The summed E-state index contributed by atoms with van der Waals surface area (Å²) in [6, 6.07) is 4.90. The second-order valence-electron chi connectivity index (χ2n) is 2.94. The lowest BCUT2D eigenvalue weighted by Gasteiger charge is -2.19. The molecule has 3 nitrogen and oxygen atoms in total. The number of rotatable bonds is 1. The maximum absolute atomic E-state index is 13.3. The van der Waals surface area contributed by atoms with E-state index in [0.29, 0.717) is 24.5 Å². The topological polar surface area (TPSA) is 42.2 Å². The van der Waals surface area contributed by atoms with E-state index in [9.17, 15) is 4.39 Å². The van der Waals surface area contributed by atoms with Gasteiger partial charge in [0.15, 0.2) is 17.3 Å². The van der Waals surface area contributed by atoms with E-state index in [4.69, 9.17) is 14.7 Å². The zero-order valence-electron chi connectivity index (χ0n) is 7.42. The van der Waals surface area contributed by atoms with Gasteiger partial charge < -0.3 is 9.47 Å². The molecule has 0 amide bonds. The van der Waals surface area contributed by atoms with Crippen LogP contribution in [-0.2, 0) is 6.42 Å². The Morgan fingerprint density at radius 2 is 2.14 bits per heavy atom. The molecular weight excluding hydrogens is 185 g/mol. The van der Waals surface area contributed by atoms with Crippen molar-refractivity contribution in [1.29, 1.82) is 5.26 Å². The maximum Gasteiger partial charge on any atom is 0.197 e. The van der Waals surface area contributed by atoms with Crippen LogP contribution in [0.3, 0.4) is 0 Å². The molecule has 0 saturated heterocycles. The van der Waals surface area contributed by atoms with Crippen LogP contribution >= 0.6 is 0 Å². The third-order valence-corrected chi connectivity index (χ3v) is 1.94. The first-order valence-electron chi connectivity index (χ1n) is 4.26. The number of nitriles is 1. The smallest absolute Gasteiger partial charge is 0.197 e. The lowest BCUT2D eigenvalue weighted by atomic mass is 10.1. The maximum atomic E-state index is 13.3. The van der Waals surface area contributed by atoms with Crippen molar-refractivity contribution in [3.05, 3.63) is 23.5 Å². The molecule has 0 N–H and O–H groups in total. The normalized spacial score (nSPS) is 13.4. The molecule has 1 aromatic rings. The van der Waals surface area contributed by atoms with Gasteiger partial charge in [-0.25, -0.2) is 4.39 Å². The highest BCUT2D eigenvalue weighted by molar-refractivity contribution is 5.45. The lowest BCUT2D eigenvalue weighted by molar-refractivity contribution is 0.164. The van der Waals surface area contributed by atoms with Gasteiger partial charge in [-0.15, -0.1) is 0 Å². The van der Waals surface area contributed by atoms with E-state index in [1.807, 2.05) is 6.07 Å². The average molecular weight is 193 g/mol. The molecule has 1 aliphatic rings. The fourth-order valence-electron chi connectivity index (χ4n) is 1.36. The first-order valence-corrected chi connectivity index (χ1v) is 4.26. The Balaban J connectivity index is 2.42. The average Bonchev–Trinajstić information content (AvgIpc) is 2.18. The zero-order valence-corrected chi connectivity index (χ0v) is 7.42. The van der Waals surface area contributed by atoms with Gasteiger partial charge in [0.25, 0.3) is 0 Å². The molecule has 1 aromatic carbocycles. The molecule has 4 heteroatoms. The van der Waals surface area contributed by atoms with Crippen LogP contribution in [0, 0.1) is 17.1 Å². The highest BCUT2D eigenvalue weighted by Gasteiger charge is 2.17.